The van der Waals surface area contributed by atoms with Gasteiger partial charge in [0.05, 0.1) is 18.1 Å². The number of rotatable bonds is 0. The lowest BCUT2D eigenvalue weighted by molar-refractivity contribution is 0.0848. The Morgan fingerprint density at radius 1 is 1.54 bits per heavy atom. The van der Waals surface area contributed by atoms with Gasteiger partial charge in [-0.15, -0.1) is 0 Å². The highest BCUT2D eigenvalue weighted by Gasteiger charge is 2.24. The normalized spacial score (nSPS) is 20.8. The van der Waals surface area contributed by atoms with Crippen molar-refractivity contribution in [3.8, 4) is 5.75 Å². The molecule has 2 rings (SSSR count). The van der Waals surface area contributed by atoms with Crippen molar-refractivity contribution in [2.45, 2.75) is 6.92 Å². The predicted molar refractivity (Wildman–Crippen MR) is 53.1 cm³/mol. The molecule has 1 unspecified atom stereocenters. The van der Waals surface area contributed by atoms with Crippen molar-refractivity contribution in [2.75, 3.05) is 6.61 Å². The number of fused-ring (bicyclic) bond motifs is 1. The molecular formula is C10H9BrO2. The summed E-state index contributed by atoms with van der Waals surface area (Å²) in [6.45, 7) is 2.37. The van der Waals surface area contributed by atoms with Crippen molar-refractivity contribution in [1.82, 2.24) is 0 Å². The van der Waals surface area contributed by atoms with Gasteiger partial charge in [-0.05, 0) is 18.2 Å². The van der Waals surface area contributed by atoms with Gasteiger partial charge in [-0.25, -0.2) is 0 Å². The van der Waals surface area contributed by atoms with E-state index < -0.39 is 0 Å². The van der Waals surface area contributed by atoms with Crippen LogP contribution in [-0.2, 0) is 0 Å². The smallest absolute Gasteiger partial charge is 0.172 e. The molecule has 0 fully saturated rings. The fourth-order valence-corrected chi connectivity index (χ4v) is 1.72. The Balaban J connectivity index is 2.50. The summed E-state index contributed by atoms with van der Waals surface area (Å²) < 4.78 is 6.37. The standard InChI is InChI=1S/C10H9BrO2/c1-6-5-13-9-4-7(11)2-3-8(9)10(6)12/h2-4,6H,5H2,1H3. The molecule has 0 N–H and O–H groups in total. The molecule has 0 amide bonds. The molecule has 0 aromatic heterocycles. The second kappa shape index (κ2) is 3.14. The predicted octanol–water partition coefficient (Wildman–Crippen LogP) is 2.66. The number of Topliss-reactive ketones (excluding diaryl/α,β-unsaturated/α-hetero) is 1. The van der Waals surface area contributed by atoms with Crippen LogP contribution in [0.25, 0.3) is 0 Å². The first kappa shape index (κ1) is 8.75. The molecule has 68 valence electrons. The zero-order chi connectivity index (χ0) is 9.42. The van der Waals surface area contributed by atoms with Crippen molar-refractivity contribution in [3.05, 3.63) is 28.2 Å². The van der Waals surface area contributed by atoms with Crippen molar-refractivity contribution in [1.29, 1.82) is 0 Å². The van der Waals surface area contributed by atoms with Crippen LogP contribution < -0.4 is 4.74 Å². The number of benzene rings is 1. The SMILES string of the molecule is CC1COc2cc(Br)ccc2C1=O. The average molecular weight is 241 g/mol. The first-order valence-corrected chi connectivity index (χ1v) is 4.94. The first-order chi connectivity index (χ1) is 6.18. The molecule has 0 aliphatic carbocycles. The van der Waals surface area contributed by atoms with Gasteiger partial charge in [-0.3, -0.25) is 4.79 Å². The van der Waals surface area contributed by atoms with Crippen LogP contribution in [0, 0.1) is 5.92 Å². The zero-order valence-corrected chi connectivity index (χ0v) is 8.80. The highest BCUT2D eigenvalue weighted by Crippen LogP contribution is 2.29. The number of carbonyl (C=O) groups excluding carboxylic acids is 1. The van der Waals surface area contributed by atoms with Crippen LogP contribution in [0.2, 0.25) is 0 Å². The summed E-state index contributed by atoms with van der Waals surface area (Å²) in [6.07, 6.45) is 0. The number of halogens is 1. The molecule has 1 atom stereocenters. The minimum Gasteiger partial charge on any atom is -0.492 e. The van der Waals surface area contributed by atoms with Gasteiger partial charge in [0.15, 0.2) is 5.78 Å². The third-order valence-electron chi connectivity index (χ3n) is 2.15. The molecule has 3 heteroatoms. The second-order valence-corrected chi connectivity index (χ2v) is 4.13. The summed E-state index contributed by atoms with van der Waals surface area (Å²) in [5.74, 6) is 0.847. The van der Waals surface area contributed by atoms with Crippen LogP contribution >= 0.6 is 15.9 Å². The van der Waals surface area contributed by atoms with E-state index in [-0.39, 0.29) is 11.7 Å². The van der Waals surface area contributed by atoms with E-state index >= 15 is 0 Å². The average Bonchev–Trinajstić information content (AvgIpc) is 2.12. The van der Waals surface area contributed by atoms with E-state index in [9.17, 15) is 4.79 Å². The van der Waals surface area contributed by atoms with Crippen LogP contribution in [0.1, 0.15) is 17.3 Å². The molecule has 1 aromatic rings. The fraction of sp³-hybridized carbons (Fsp3) is 0.300. The monoisotopic (exact) mass is 240 g/mol. The summed E-state index contributed by atoms with van der Waals surface area (Å²) in [6, 6.07) is 5.49. The molecule has 0 spiro atoms. The van der Waals surface area contributed by atoms with Gasteiger partial charge in [0.2, 0.25) is 0 Å². The number of ketones is 1. The van der Waals surface area contributed by atoms with E-state index in [1.54, 1.807) is 6.07 Å². The van der Waals surface area contributed by atoms with Gasteiger partial charge in [0.25, 0.3) is 0 Å². The molecule has 0 saturated carbocycles. The van der Waals surface area contributed by atoms with E-state index in [1.165, 1.54) is 0 Å². The van der Waals surface area contributed by atoms with Gasteiger partial charge in [-0.2, -0.15) is 0 Å². The van der Waals surface area contributed by atoms with E-state index in [0.29, 0.717) is 17.9 Å². The molecule has 2 nitrogen and oxygen atoms in total. The van der Waals surface area contributed by atoms with Gasteiger partial charge in [-0.1, -0.05) is 22.9 Å². The van der Waals surface area contributed by atoms with Crippen LogP contribution in [0.5, 0.6) is 5.75 Å². The maximum Gasteiger partial charge on any atom is 0.172 e. The summed E-state index contributed by atoms with van der Waals surface area (Å²) in [5.41, 5.74) is 0.696. The highest BCUT2D eigenvalue weighted by molar-refractivity contribution is 9.10. The fourth-order valence-electron chi connectivity index (χ4n) is 1.38. The minimum atomic E-state index is -0.0197. The molecule has 1 aromatic carbocycles. The van der Waals surface area contributed by atoms with Gasteiger partial charge in [0, 0.05) is 4.47 Å². The van der Waals surface area contributed by atoms with E-state index in [0.717, 1.165) is 4.47 Å². The van der Waals surface area contributed by atoms with E-state index in [4.69, 9.17) is 4.74 Å². The number of hydrogen-bond donors (Lipinski definition) is 0. The Labute approximate surface area is 85.0 Å². The molecule has 1 aliphatic heterocycles. The lowest BCUT2D eigenvalue weighted by atomic mass is 9.97. The Bertz CT molecular complexity index is 360. The van der Waals surface area contributed by atoms with E-state index in [2.05, 4.69) is 15.9 Å². The minimum absolute atomic E-state index is 0.0197. The lowest BCUT2D eigenvalue weighted by Crippen LogP contribution is -2.25. The molecule has 0 radical (unpaired) electrons. The van der Waals surface area contributed by atoms with Crippen LogP contribution in [0.3, 0.4) is 0 Å². The Kier molecular flexibility index (Phi) is 2.12. The third kappa shape index (κ3) is 1.48. The molecule has 1 aliphatic rings. The summed E-state index contributed by atoms with van der Waals surface area (Å²) >= 11 is 3.33. The van der Waals surface area contributed by atoms with Gasteiger partial charge < -0.3 is 4.74 Å². The highest BCUT2D eigenvalue weighted by atomic mass is 79.9. The lowest BCUT2D eigenvalue weighted by Gasteiger charge is -2.21. The zero-order valence-electron chi connectivity index (χ0n) is 7.21. The second-order valence-electron chi connectivity index (χ2n) is 3.22. The topological polar surface area (TPSA) is 26.3 Å². The van der Waals surface area contributed by atoms with Crippen LogP contribution in [-0.4, -0.2) is 12.4 Å². The van der Waals surface area contributed by atoms with Gasteiger partial charge in [0.1, 0.15) is 5.75 Å². The summed E-state index contributed by atoms with van der Waals surface area (Å²) in [7, 11) is 0. The maximum atomic E-state index is 11.6. The van der Waals surface area contributed by atoms with Crippen LogP contribution in [0.15, 0.2) is 22.7 Å². The molecular weight excluding hydrogens is 232 g/mol. The summed E-state index contributed by atoms with van der Waals surface area (Å²) in [5, 5.41) is 0. The largest absolute Gasteiger partial charge is 0.492 e. The molecule has 0 saturated heterocycles. The molecule has 1 heterocycles. The Hall–Kier alpha value is -0.830. The van der Waals surface area contributed by atoms with Crippen molar-refractivity contribution < 1.29 is 9.53 Å². The first-order valence-electron chi connectivity index (χ1n) is 4.15. The number of hydrogen-bond acceptors (Lipinski definition) is 2. The van der Waals surface area contributed by atoms with Crippen molar-refractivity contribution in [2.24, 2.45) is 5.92 Å². The van der Waals surface area contributed by atoms with Crippen molar-refractivity contribution in [3.63, 3.8) is 0 Å². The number of ether oxygens (including phenoxy) is 1. The molecule has 0 bridgehead atoms. The Morgan fingerprint density at radius 2 is 2.31 bits per heavy atom. The van der Waals surface area contributed by atoms with Crippen LogP contribution in [0.4, 0.5) is 0 Å². The van der Waals surface area contributed by atoms with Crippen molar-refractivity contribution >= 4 is 21.7 Å². The van der Waals surface area contributed by atoms with E-state index in [1.807, 2.05) is 19.1 Å². The maximum absolute atomic E-state index is 11.6. The van der Waals surface area contributed by atoms with Gasteiger partial charge >= 0.3 is 0 Å². The third-order valence-corrected chi connectivity index (χ3v) is 2.64. The number of carbonyl (C=O) groups is 1. The quantitative estimate of drug-likeness (QED) is 0.697. The summed E-state index contributed by atoms with van der Waals surface area (Å²) in [4.78, 5) is 11.6. The Morgan fingerprint density at radius 3 is 3.08 bits per heavy atom. The molecule has 13 heavy (non-hydrogen) atoms.